The number of carbonyl (C=O) groups is 2. The number of aryl methyl sites for hydroxylation is 1. The Morgan fingerprint density at radius 3 is 2.39 bits per heavy atom. The molecule has 2 rings (SSSR count). The molecule has 0 aliphatic carbocycles. The maximum absolute atomic E-state index is 12.0. The largest absolute Gasteiger partial charge is 0.478 e. The first-order valence-electron chi connectivity index (χ1n) is 6.74. The van der Waals surface area contributed by atoms with E-state index < -0.39 is 10.9 Å². The molecule has 7 nitrogen and oxygen atoms in total. The summed E-state index contributed by atoms with van der Waals surface area (Å²) < 4.78 is 0. The van der Waals surface area contributed by atoms with Crippen molar-refractivity contribution in [3.63, 3.8) is 0 Å². The molecule has 0 atom stereocenters. The van der Waals surface area contributed by atoms with Crippen molar-refractivity contribution >= 4 is 23.3 Å². The Bertz CT molecular complexity index is 769. The molecule has 1 amide bonds. The van der Waals surface area contributed by atoms with E-state index in [9.17, 15) is 19.7 Å². The van der Waals surface area contributed by atoms with E-state index in [1.165, 1.54) is 36.4 Å². The number of amides is 1. The number of hydrogen-bond donors (Lipinski definition) is 2. The van der Waals surface area contributed by atoms with Crippen molar-refractivity contribution < 1.29 is 19.6 Å². The van der Waals surface area contributed by atoms with Crippen LogP contribution in [0.25, 0.3) is 0 Å². The summed E-state index contributed by atoms with van der Waals surface area (Å²) in [4.78, 5) is 33.1. The quantitative estimate of drug-likeness (QED) is 0.651. The summed E-state index contributed by atoms with van der Waals surface area (Å²) in [6, 6.07) is 10.2. The molecule has 2 aromatic rings. The summed E-state index contributed by atoms with van der Waals surface area (Å²) in [6.07, 6.45) is 0.0364. The number of rotatable bonds is 5. The standard InChI is InChI=1S/C16H14N2O5/c1-10-2-5-12(16(20)21)9-14(10)17-15(19)8-11-3-6-13(7-4-11)18(22)23/h2-7,9H,8H2,1H3,(H,17,19)(H,20,21). The molecule has 0 aliphatic rings. The first kappa shape index (κ1) is 16.2. The zero-order valence-electron chi connectivity index (χ0n) is 12.3. The fraction of sp³-hybridized carbons (Fsp3) is 0.125. The molecule has 0 heterocycles. The number of nitrogens with one attached hydrogen (secondary N) is 1. The van der Waals surface area contributed by atoms with Crippen LogP contribution < -0.4 is 5.32 Å². The predicted octanol–water partition coefficient (Wildman–Crippen LogP) is 2.78. The van der Waals surface area contributed by atoms with Gasteiger partial charge in [0.25, 0.3) is 5.69 Å². The minimum Gasteiger partial charge on any atom is -0.478 e. The van der Waals surface area contributed by atoms with E-state index in [0.29, 0.717) is 11.3 Å². The van der Waals surface area contributed by atoms with Crippen LogP contribution in [0.4, 0.5) is 11.4 Å². The van der Waals surface area contributed by atoms with Crippen molar-refractivity contribution in [1.82, 2.24) is 0 Å². The van der Waals surface area contributed by atoms with Crippen LogP contribution in [0, 0.1) is 17.0 Å². The van der Waals surface area contributed by atoms with E-state index in [1.54, 1.807) is 13.0 Å². The fourth-order valence-electron chi connectivity index (χ4n) is 2.01. The molecule has 0 spiro atoms. The fourth-order valence-corrected chi connectivity index (χ4v) is 2.01. The molecule has 2 N–H and O–H groups in total. The van der Waals surface area contributed by atoms with Gasteiger partial charge >= 0.3 is 5.97 Å². The van der Waals surface area contributed by atoms with Gasteiger partial charge < -0.3 is 10.4 Å². The highest BCUT2D eigenvalue weighted by Crippen LogP contribution is 2.18. The number of carboxylic acid groups (broad SMARTS) is 1. The molecule has 0 saturated heterocycles. The molecule has 0 fully saturated rings. The first-order valence-corrected chi connectivity index (χ1v) is 6.74. The monoisotopic (exact) mass is 314 g/mol. The topological polar surface area (TPSA) is 110 Å². The number of anilines is 1. The Hall–Kier alpha value is -3.22. The Balaban J connectivity index is 2.09. The maximum atomic E-state index is 12.0. The zero-order valence-corrected chi connectivity index (χ0v) is 12.3. The third-order valence-electron chi connectivity index (χ3n) is 3.27. The molecule has 0 radical (unpaired) electrons. The van der Waals surface area contributed by atoms with Crippen molar-refractivity contribution in [3.05, 3.63) is 69.3 Å². The number of non-ortho nitro benzene ring substituents is 1. The average Bonchev–Trinajstić information content (AvgIpc) is 2.49. The van der Waals surface area contributed by atoms with Crippen LogP contribution in [0.3, 0.4) is 0 Å². The molecule has 7 heteroatoms. The lowest BCUT2D eigenvalue weighted by Crippen LogP contribution is -2.15. The van der Waals surface area contributed by atoms with E-state index in [-0.39, 0.29) is 23.6 Å². The van der Waals surface area contributed by atoms with Gasteiger partial charge in [-0.15, -0.1) is 0 Å². The van der Waals surface area contributed by atoms with Crippen molar-refractivity contribution in [3.8, 4) is 0 Å². The van der Waals surface area contributed by atoms with E-state index >= 15 is 0 Å². The van der Waals surface area contributed by atoms with Gasteiger partial charge in [0.1, 0.15) is 0 Å². The lowest BCUT2D eigenvalue weighted by molar-refractivity contribution is -0.384. The number of nitro groups is 1. The maximum Gasteiger partial charge on any atom is 0.335 e. The Kier molecular flexibility index (Phi) is 4.70. The second-order valence-electron chi connectivity index (χ2n) is 4.98. The number of carbonyl (C=O) groups excluding carboxylic acids is 1. The number of nitrogens with zero attached hydrogens (tertiary/aromatic N) is 1. The van der Waals surface area contributed by atoms with E-state index in [1.807, 2.05) is 0 Å². The SMILES string of the molecule is Cc1ccc(C(=O)O)cc1NC(=O)Cc1ccc([N+](=O)[O-])cc1. The molecular weight excluding hydrogens is 300 g/mol. The van der Waals surface area contributed by atoms with Gasteiger partial charge in [0.2, 0.25) is 5.91 Å². The van der Waals surface area contributed by atoms with Gasteiger partial charge in [-0.05, 0) is 30.2 Å². The molecule has 118 valence electrons. The summed E-state index contributed by atoms with van der Waals surface area (Å²) >= 11 is 0. The molecule has 0 aliphatic heterocycles. The Morgan fingerprint density at radius 2 is 1.83 bits per heavy atom. The lowest BCUT2D eigenvalue weighted by Gasteiger charge is -2.09. The molecule has 0 unspecified atom stereocenters. The van der Waals surface area contributed by atoms with Crippen LogP contribution in [0.2, 0.25) is 0 Å². The molecule has 0 bridgehead atoms. The second kappa shape index (κ2) is 6.69. The minimum absolute atomic E-state index is 0.0364. The Labute approximate surface area is 131 Å². The van der Waals surface area contributed by atoms with Crippen molar-refractivity contribution in [1.29, 1.82) is 0 Å². The average molecular weight is 314 g/mol. The summed E-state index contributed by atoms with van der Waals surface area (Å²) in [7, 11) is 0. The third kappa shape index (κ3) is 4.13. The molecule has 23 heavy (non-hydrogen) atoms. The number of nitro benzene ring substituents is 1. The summed E-state index contributed by atoms with van der Waals surface area (Å²) in [5.74, 6) is -1.40. The molecule has 0 aromatic heterocycles. The van der Waals surface area contributed by atoms with Crippen LogP contribution in [0.5, 0.6) is 0 Å². The highest BCUT2D eigenvalue weighted by molar-refractivity contribution is 5.95. The van der Waals surface area contributed by atoms with Gasteiger partial charge in [0, 0.05) is 17.8 Å². The van der Waals surface area contributed by atoms with Crippen LogP contribution in [0.1, 0.15) is 21.5 Å². The van der Waals surface area contributed by atoms with E-state index in [0.717, 1.165) is 5.56 Å². The van der Waals surface area contributed by atoms with Crippen molar-refractivity contribution in [2.24, 2.45) is 0 Å². The highest BCUT2D eigenvalue weighted by atomic mass is 16.6. The number of hydrogen-bond acceptors (Lipinski definition) is 4. The highest BCUT2D eigenvalue weighted by Gasteiger charge is 2.11. The zero-order chi connectivity index (χ0) is 17.0. The van der Waals surface area contributed by atoms with E-state index in [2.05, 4.69) is 5.32 Å². The van der Waals surface area contributed by atoms with Gasteiger partial charge in [-0.2, -0.15) is 0 Å². The van der Waals surface area contributed by atoms with Gasteiger partial charge in [0.05, 0.1) is 16.9 Å². The van der Waals surface area contributed by atoms with E-state index in [4.69, 9.17) is 5.11 Å². The number of benzene rings is 2. The minimum atomic E-state index is -1.07. The van der Waals surface area contributed by atoms with Crippen molar-refractivity contribution in [2.75, 3.05) is 5.32 Å². The van der Waals surface area contributed by atoms with Gasteiger partial charge in [-0.25, -0.2) is 4.79 Å². The van der Waals surface area contributed by atoms with Crippen LogP contribution in [-0.4, -0.2) is 21.9 Å². The van der Waals surface area contributed by atoms with Crippen LogP contribution >= 0.6 is 0 Å². The number of aromatic carboxylic acids is 1. The van der Waals surface area contributed by atoms with Gasteiger partial charge in [-0.1, -0.05) is 18.2 Å². The predicted molar refractivity (Wildman–Crippen MR) is 83.6 cm³/mol. The van der Waals surface area contributed by atoms with Crippen LogP contribution in [0.15, 0.2) is 42.5 Å². The Morgan fingerprint density at radius 1 is 1.17 bits per heavy atom. The first-order chi connectivity index (χ1) is 10.9. The van der Waals surface area contributed by atoms with Gasteiger partial charge in [-0.3, -0.25) is 14.9 Å². The second-order valence-corrected chi connectivity index (χ2v) is 4.98. The molecule has 2 aromatic carbocycles. The molecule has 0 saturated carbocycles. The summed E-state index contributed by atoms with van der Waals surface area (Å²) in [6.45, 7) is 1.76. The lowest BCUT2D eigenvalue weighted by atomic mass is 10.1. The summed E-state index contributed by atoms with van der Waals surface area (Å²) in [5, 5.41) is 22.2. The number of carboxylic acids is 1. The van der Waals surface area contributed by atoms with Crippen molar-refractivity contribution in [2.45, 2.75) is 13.3 Å². The summed E-state index contributed by atoms with van der Waals surface area (Å²) in [5.41, 5.74) is 1.84. The van der Waals surface area contributed by atoms with Crippen LogP contribution in [-0.2, 0) is 11.2 Å². The third-order valence-corrected chi connectivity index (χ3v) is 3.27. The molecular formula is C16H14N2O5. The smallest absolute Gasteiger partial charge is 0.335 e. The van der Waals surface area contributed by atoms with Gasteiger partial charge in [0.15, 0.2) is 0 Å². The normalized spacial score (nSPS) is 10.1.